The summed E-state index contributed by atoms with van der Waals surface area (Å²) >= 11 is 0. The predicted molar refractivity (Wildman–Crippen MR) is 78.3 cm³/mol. The molecule has 0 spiro atoms. The molecular formula is C13H22Cl2N2. The molecule has 0 saturated carbocycles. The molecule has 0 bridgehead atoms. The van der Waals surface area contributed by atoms with Crippen LogP contribution < -0.4 is 5.73 Å². The van der Waals surface area contributed by atoms with Crippen LogP contribution in [0.2, 0.25) is 0 Å². The molecule has 1 aliphatic rings. The Bertz CT molecular complexity index is 355. The molecule has 2 N–H and O–H groups in total. The predicted octanol–water partition coefficient (Wildman–Crippen LogP) is 2.68. The Hall–Kier alpha value is -0.280. The molecule has 1 saturated heterocycles. The van der Waals surface area contributed by atoms with E-state index >= 15 is 0 Å². The first-order valence-electron chi connectivity index (χ1n) is 5.69. The van der Waals surface area contributed by atoms with E-state index in [1.165, 1.54) is 16.7 Å². The number of benzene rings is 1. The van der Waals surface area contributed by atoms with Gasteiger partial charge < -0.3 is 5.73 Å². The van der Waals surface area contributed by atoms with Gasteiger partial charge in [0.15, 0.2) is 0 Å². The first kappa shape index (κ1) is 16.7. The molecule has 1 aromatic carbocycles. The summed E-state index contributed by atoms with van der Waals surface area (Å²) in [6.07, 6.45) is 1.14. The molecule has 1 unspecified atom stereocenters. The largest absolute Gasteiger partial charge is 0.326 e. The van der Waals surface area contributed by atoms with Gasteiger partial charge in [-0.2, -0.15) is 0 Å². The molecule has 0 aromatic heterocycles. The van der Waals surface area contributed by atoms with Crippen molar-refractivity contribution in [1.29, 1.82) is 0 Å². The van der Waals surface area contributed by atoms with Crippen molar-refractivity contribution >= 4 is 24.8 Å². The summed E-state index contributed by atoms with van der Waals surface area (Å²) in [5.41, 5.74) is 10.1. The molecular weight excluding hydrogens is 255 g/mol. The number of hydrogen-bond acceptors (Lipinski definition) is 2. The Morgan fingerprint density at radius 3 is 2.53 bits per heavy atom. The normalized spacial score (nSPS) is 19.6. The van der Waals surface area contributed by atoms with E-state index in [1.54, 1.807) is 0 Å². The maximum absolute atomic E-state index is 5.90. The highest BCUT2D eigenvalue weighted by Crippen LogP contribution is 2.16. The second kappa shape index (κ2) is 7.22. The fraction of sp³-hybridized carbons (Fsp3) is 0.538. The van der Waals surface area contributed by atoms with Crippen molar-refractivity contribution in [3.8, 4) is 0 Å². The lowest BCUT2D eigenvalue weighted by molar-refractivity contribution is 0.326. The van der Waals surface area contributed by atoms with Gasteiger partial charge in [0.2, 0.25) is 0 Å². The SMILES string of the molecule is Cc1ccc(CN2CCC(N)C2)c(C)c1.Cl.Cl. The lowest BCUT2D eigenvalue weighted by Crippen LogP contribution is -2.26. The Morgan fingerprint density at radius 1 is 1.29 bits per heavy atom. The summed E-state index contributed by atoms with van der Waals surface area (Å²) in [5.74, 6) is 0. The van der Waals surface area contributed by atoms with E-state index < -0.39 is 0 Å². The van der Waals surface area contributed by atoms with Crippen molar-refractivity contribution < 1.29 is 0 Å². The van der Waals surface area contributed by atoms with Crippen LogP contribution in [0.1, 0.15) is 23.1 Å². The minimum Gasteiger partial charge on any atom is -0.326 e. The van der Waals surface area contributed by atoms with Gasteiger partial charge in [-0.3, -0.25) is 4.90 Å². The molecule has 2 rings (SSSR count). The average Bonchev–Trinajstić information content (AvgIpc) is 2.56. The van der Waals surface area contributed by atoms with E-state index in [0.717, 1.165) is 26.1 Å². The number of likely N-dealkylation sites (tertiary alicyclic amines) is 1. The van der Waals surface area contributed by atoms with E-state index in [1.807, 2.05) is 0 Å². The maximum Gasteiger partial charge on any atom is 0.0237 e. The highest BCUT2D eigenvalue weighted by atomic mass is 35.5. The van der Waals surface area contributed by atoms with Crippen molar-refractivity contribution in [1.82, 2.24) is 4.90 Å². The van der Waals surface area contributed by atoms with E-state index in [9.17, 15) is 0 Å². The first-order chi connectivity index (χ1) is 7.15. The Balaban J connectivity index is 0.00000128. The van der Waals surface area contributed by atoms with Gasteiger partial charge in [-0.25, -0.2) is 0 Å². The molecule has 0 radical (unpaired) electrons. The molecule has 1 heterocycles. The third-order valence-corrected chi connectivity index (χ3v) is 3.20. The van der Waals surface area contributed by atoms with Crippen molar-refractivity contribution in [2.45, 2.75) is 32.9 Å². The van der Waals surface area contributed by atoms with Crippen LogP contribution in [-0.4, -0.2) is 24.0 Å². The minimum atomic E-state index is 0. The Morgan fingerprint density at radius 2 is 2.00 bits per heavy atom. The van der Waals surface area contributed by atoms with Gasteiger partial charge in [0, 0.05) is 25.7 Å². The van der Waals surface area contributed by atoms with Crippen molar-refractivity contribution in [2.24, 2.45) is 5.73 Å². The molecule has 1 aromatic rings. The zero-order chi connectivity index (χ0) is 10.8. The van der Waals surface area contributed by atoms with Crippen LogP contribution in [-0.2, 0) is 6.54 Å². The van der Waals surface area contributed by atoms with Crippen LogP contribution in [0, 0.1) is 13.8 Å². The Kier molecular flexibility index (Phi) is 7.10. The molecule has 4 heteroatoms. The highest BCUT2D eigenvalue weighted by molar-refractivity contribution is 5.85. The zero-order valence-electron chi connectivity index (χ0n) is 10.5. The van der Waals surface area contributed by atoms with Gasteiger partial charge in [-0.15, -0.1) is 24.8 Å². The zero-order valence-corrected chi connectivity index (χ0v) is 12.1. The molecule has 98 valence electrons. The molecule has 1 atom stereocenters. The summed E-state index contributed by atoms with van der Waals surface area (Å²) in [4.78, 5) is 2.45. The summed E-state index contributed by atoms with van der Waals surface area (Å²) in [6.45, 7) is 7.59. The van der Waals surface area contributed by atoms with Crippen LogP contribution in [0.15, 0.2) is 18.2 Å². The molecule has 0 aliphatic carbocycles. The van der Waals surface area contributed by atoms with Gasteiger partial charge in [-0.1, -0.05) is 23.8 Å². The fourth-order valence-corrected chi connectivity index (χ4v) is 2.27. The minimum absolute atomic E-state index is 0. The smallest absolute Gasteiger partial charge is 0.0237 e. The second-order valence-corrected chi connectivity index (χ2v) is 4.71. The number of halogens is 2. The third-order valence-electron chi connectivity index (χ3n) is 3.20. The van der Waals surface area contributed by atoms with E-state index in [0.29, 0.717) is 6.04 Å². The summed E-state index contributed by atoms with van der Waals surface area (Å²) in [6, 6.07) is 7.08. The van der Waals surface area contributed by atoms with Gasteiger partial charge in [-0.05, 0) is 31.4 Å². The van der Waals surface area contributed by atoms with Crippen LogP contribution >= 0.6 is 24.8 Å². The average molecular weight is 277 g/mol. The molecule has 17 heavy (non-hydrogen) atoms. The molecule has 1 aliphatic heterocycles. The summed E-state index contributed by atoms with van der Waals surface area (Å²) in [5, 5.41) is 0. The maximum atomic E-state index is 5.90. The van der Waals surface area contributed by atoms with Gasteiger partial charge in [0.1, 0.15) is 0 Å². The number of rotatable bonds is 2. The van der Waals surface area contributed by atoms with Gasteiger partial charge in [0.05, 0.1) is 0 Å². The number of hydrogen-bond donors (Lipinski definition) is 1. The monoisotopic (exact) mass is 276 g/mol. The summed E-state index contributed by atoms with van der Waals surface area (Å²) in [7, 11) is 0. The standard InChI is InChI=1S/C13H20N2.2ClH/c1-10-3-4-12(11(2)7-10)8-15-6-5-13(14)9-15;;/h3-4,7,13H,5-6,8-9,14H2,1-2H3;2*1H. The lowest BCUT2D eigenvalue weighted by Gasteiger charge is -2.17. The molecule has 2 nitrogen and oxygen atoms in total. The van der Waals surface area contributed by atoms with E-state index in [-0.39, 0.29) is 24.8 Å². The molecule has 1 fully saturated rings. The topological polar surface area (TPSA) is 29.3 Å². The lowest BCUT2D eigenvalue weighted by atomic mass is 10.1. The van der Waals surface area contributed by atoms with Gasteiger partial charge in [0.25, 0.3) is 0 Å². The van der Waals surface area contributed by atoms with Crippen LogP contribution in [0.25, 0.3) is 0 Å². The van der Waals surface area contributed by atoms with Crippen LogP contribution in [0.4, 0.5) is 0 Å². The van der Waals surface area contributed by atoms with Crippen molar-refractivity contribution in [3.05, 3.63) is 34.9 Å². The number of nitrogens with two attached hydrogens (primary N) is 1. The Labute approximate surface area is 116 Å². The quantitative estimate of drug-likeness (QED) is 0.900. The summed E-state index contributed by atoms with van der Waals surface area (Å²) < 4.78 is 0. The van der Waals surface area contributed by atoms with Gasteiger partial charge >= 0.3 is 0 Å². The number of nitrogens with zero attached hydrogens (tertiary/aromatic N) is 1. The van der Waals surface area contributed by atoms with Crippen LogP contribution in [0.3, 0.4) is 0 Å². The highest BCUT2D eigenvalue weighted by Gasteiger charge is 2.19. The second-order valence-electron chi connectivity index (χ2n) is 4.71. The first-order valence-corrected chi connectivity index (χ1v) is 5.69. The van der Waals surface area contributed by atoms with Crippen LogP contribution in [0.5, 0.6) is 0 Å². The number of aryl methyl sites for hydroxylation is 2. The van der Waals surface area contributed by atoms with E-state index in [2.05, 4.69) is 36.9 Å². The fourth-order valence-electron chi connectivity index (χ4n) is 2.27. The third kappa shape index (κ3) is 4.47. The van der Waals surface area contributed by atoms with E-state index in [4.69, 9.17) is 5.73 Å². The van der Waals surface area contributed by atoms with Crippen molar-refractivity contribution in [2.75, 3.05) is 13.1 Å². The van der Waals surface area contributed by atoms with Crippen molar-refractivity contribution in [3.63, 3.8) is 0 Å². The molecule has 0 amide bonds.